The van der Waals surface area contributed by atoms with Gasteiger partial charge in [-0.3, -0.25) is 4.79 Å². The standard InChI is InChI=1S/C17H28N4O/c1-4-10-21(5-2)16-7-6-14(11-19-16)17(22)20-15-12-18-9-8-13(15)3/h6-7,11,13,15,18H,4-5,8-10,12H2,1-3H3,(H,20,22). The minimum absolute atomic E-state index is 0.0295. The largest absolute Gasteiger partial charge is 0.357 e. The molecule has 1 aromatic rings. The van der Waals surface area contributed by atoms with Gasteiger partial charge in [0.1, 0.15) is 5.82 Å². The van der Waals surface area contributed by atoms with Crippen LogP contribution in [0.2, 0.25) is 0 Å². The van der Waals surface area contributed by atoms with E-state index in [-0.39, 0.29) is 11.9 Å². The van der Waals surface area contributed by atoms with Crippen LogP contribution in [0.5, 0.6) is 0 Å². The second-order valence-electron chi connectivity index (χ2n) is 6.03. The Bertz CT molecular complexity index is 474. The lowest BCUT2D eigenvalue weighted by atomic mass is 9.94. The molecule has 0 saturated carbocycles. The van der Waals surface area contributed by atoms with Crippen LogP contribution in [-0.4, -0.2) is 43.1 Å². The van der Waals surface area contributed by atoms with Gasteiger partial charge in [-0.1, -0.05) is 13.8 Å². The fraction of sp³-hybridized carbons (Fsp3) is 0.647. The maximum atomic E-state index is 12.3. The van der Waals surface area contributed by atoms with Crippen molar-refractivity contribution in [2.75, 3.05) is 31.1 Å². The molecule has 1 amide bonds. The molecule has 0 bridgehead atoms. The van der Waals surface area contributed by atoms with Crippen molar-refractivity contribution in [1.82, 2.24) is 15.6 Å². The van der Waals surface area contributed by atoms with Gasteiger partial charge in [-0.05, 0) is 44.4 Å². The molecular formula is C17H28N4O. The molecule has 0 radical (unpaired) electrons. The zero-order valence-electron chi connectivity index (χ0n) is 13.9. The number of hydrogen-bond acceptors (Lipinski definition) is 4. The van der Waals surface area contributed by atoms with Gasteiger partial charge in [-0.2, -0.15) is 0 Å². The van der Waals surface area contributed by atoms with Gasteiger partial charge in [0.25, 0.3) is 5.91 Å². The molecule has 1 aliphatic heterocycles. The monoisotopic (exact) mass is 304 g/mol. The molecular weight excluding hydrogens is 276 g/mol. The maximum Gasteiger partial charge on any atom is 0.253 e. The van der Waals surface area contributed by atoms with Gasteiger partial charge in [-0.15, -0.1) is 0 Å². The Balaban J connectivity index is 1.98. The van der Waals surface area contributed by atoms with Crippen LogP contribution < -0.4 is 15.5 Å². The fourth-order valence-electron chi connectivity index (χ4n) is 2.85. The summed E-state index contributed by atoms with van der Waals surface area (Å²) in [7, 11) is 0. The predicted octanol–water partition coefficient (Wildman–Crippen LogP) is 2.05. The number of nitrogens with zero attached hydrogens (tertiary/aromatic N) is 2. The molecule has 122 valence electrons. The minimum Gasteiger partial charge on any atom is -0.357 e. The van der Waals surface area contributed by atoms with Crippen molar-refractivity contribution in [3.63, 3.8) is 0 Å². The number of nitrogens with one attached hydrogen (secondary N) is 2. The zero-order chi connectivity index (χ0) is 15.9. The van der Waals surface area contributed by atoms with Crippen LogP contribution in [0.3, 0.4) is 0 Å². The van der Waals surface area contributed by atoms with Crippen molar-refractivity contribution in [2.45, 2.75) is 39.7 Å². The molecule has 1 aromatic heterocycles. The molecule has 1 saturated heterocycles. The SMILES string of the molecule is CCCN(CC)c1ccc(C(=O)NC2CNCCC2C)cn1. The summed E-state index contributed by atoms with van der Waals surface area (Å²) in [5.41, 5.74) is 0.633. The number of hydrogen-bond donors (Lipinski definition) is 2. The Kier molecular flexibility index (Phi) is 6.19. The lowest BCUT2D eigenvalue weighted by Gasteiger charge is -2.30. The third kappa shape index (κ3) is 4.19. The van der Waals surface area contributed by atoms with Crippen LogP contribution in [0.15, 0.2) is 18.3 Å². The Morgan fingerprint density at radius 3 is 2.86 bits per heavy atom. The highest BCUT2D eigenvalue weighted by Crippen LogP contribution is 2.14. The molecule has 2 rings (SSSR count). The molecule has 22 heavy (non-hydrogen) atoms. The van der Waals surface area contributed by atoms with Gasteiger partial charge in [0.15, 0.2) is 0 Å². The number of piperidine rings is 1. The normalized spacial score (nSPS) is 21.4. The Morgan fingerprint density at radius 1 is 1.45 bits per heavy atom. The van der Waals surface area contributed by atoms with Crippen molar-refractivity contribution >= 4 is 11.7 Å². The summed E-state index contributed by atoms with van der Waals surface area (Å²) >= 11 is 0. The van der Waals surface area contributed by atoms with E-state index in [4.69, 9.17) is 0 Å². The summed E-state index contributed by atoms with van der Waals surface area (Å²) < 4.78 is 0. The van der Waals surface area contributed by atoms with E-state index in [1.54, 1.807) is 6.20 Å². The first-order valence-corrected chi connectivity index (χ1v) is 8.38. The van der Waals surface area contributed by atoms with Crippen LogP contribution in [0, 0.1) is 5.92 Å². The topological polar surface area (TPSA) is 57.3 Å². The predicted molar refractivity (Wildman–Crippen MR) is 90.3 cm³/mol. The van der Waals surface area contributed by atoms with Crippen molar-refractivity contribution in [1.29, 1.82) is 0 Å². The maximum absolute atomic E-state index is 12.3. The highest BCUT2D eigenvalue weighted by molar-refractivity contribution is 5.94. The smallest absolute Gasteiger partial charge is 0.253 e. The van der Waals surface area contributed by atoms with Gasteiger partial charge >= 0.3 is 0 Å². The van der Waals surface area contributed by atoms with E-state index in [1.165, 1.54) is 0 Å². The first-order valence-electron chi connectivity index (χ1n) is 8.38. The van der Waals surface area contributed by atoms with E-state index in [9.17, 15) is 4.79 Å². The van der Waals surface area contributed by atoms with Crippen LogP contribution in [-0.2, 0) is 0 Å². The van der Waals surface area contributed by atoms with Crippen LogP contribution in [0.25, 0.3) is 0 Å². The Morgan fingerprint density at radius 2 is 2.27 bits per heavy atom. The number of amides is 1. The van der Waals surface area contributed by atoms with E-state index in [0.717, 1.165) is 44.8 Å². The van der Waals surface area contributed by atoms with Crippen LogP contribution in [0.1, 0.15) is 44.0 Å². The summed E-state index contributed by atoms with van der Waals surface area (Å²) in [5, 5.41) is 6.45. The third-order valence-corrected chi connectivity index (χ3v) is 4.35. The molecule has 2 unspecified atom stereocenters. The van der Waals surface area contributed by atoms with E-state index >= 15 is 0 Å². The lowest BCUT2D eigenvalue weighted by molar-refractivity contribution is 0.0915. The molecule has 2 N–H and O–H groups in total. The average Bonchev–Trinajstić information content (AvgIpc) is 2.55. The van der Waals surface area contributed by atoms with Gasteiger partial charge in [-0.25, -0.2) is 4.98 Å². The molecule has 1 aliphatic rings. The van der Waals surface area contributed by atoms with Gasteiger partial charge in [0, 0.05) is 31.9 Å². The molecule has 1 fully saturated rings. The molecule has 5 nitrogen and oxygen atoms in total. The van der Waals surface area contributed by atoms with E-state index < -0.39 is 0 Å². The highest BCUT2D eigenvalue weighted by Gasteiger charge is 2.23. The van der Waals surface area contributed by atoms with Gasteiger partial charge < -0.3 is 15.5 Å². The number of carbonyl (C=O) groups is 1. The fourth-order valence-corrected chi connectivity index (χ4v) is 2.85. The Labute approximate surface area is 133 Å². The third-order valence-electron chi connectivity index (χ3n) is 4.35. The summed E-state index contributed by atoms with van der Waals surface area (Å²) in [6.45, 7) is 10.3. The van der Waals surface area contributed by atoms with Crippen molar-refractivity contribution < 1.29 is 4.79 Å². The molecule has 2 heterocycles. The number of carbonyl (C=O) groups excluding carboxylic acids is 1. The molecule has 0 aromatic carbocycles. The zero-order valence-corrected chi connectivity index (χ0v) is 13.9. The number of anilines is 1. The van der Waals surface area contributed by atoms with Crippen LogP contribution in [0.4, 0.5) is 5.82 Å². The quantitative estimate of drug-likeness (QED) is 0.844. The number of rotatable bonds is 6. The first-order chi connectivity index (χ1) is 10.7. The summed E-state index contributed by atoms with van der Waals surface area (Å²) in [4.78, 5) is 19.0. The van der Waals surface area contributed by atoms with Crippen LogP contribution >= 0.6 is 0 Å². The van der Waals surface area contributed by atoms with Crippen molar-refractivity contribution in [3.05, 3.63) is 23.9 Å². The molecule has 2 atom stereocenters. The summed E-state index contributed by atoms with van der Waals surface area (Å²) in [6.07, 6.45) is 3.87. The second-order valence-corrected chi connectivity index (χ2v) is 6.03. The first kappa shape index (κ1) is 16.7. The van der Waals surface area contributed by atoms with E-state index in [0.29, 0.717) is 11.5 Å². The molecule has 0 aliphatic carbocycles. The van der Waals surface area contributed by atoms with Gasteiger partial charge in [0.2, 0.25) is 0 Å². The van der Waals surface area contributed by atoms with Crippen molar-refractivity contribution in [3.8, 4) is 0 Å². The minimum atomic E-state index is -0.0295. The van der Waals surface area contributed by atoms with Crippen molar-refractivity contribution in [2.24, 2.45) is 5.92 Å². The number of aromatic nitrogens is 1. The summed E-state index contributed by atoms with van der Waals surface area (Å²) in [6, 6.07) is 4.02. The Hall–Kier alpha value is -1.62. The summed E-state index contributed by atoms with van der Waals surface area (Å²) in [5.74, 6) is 1.42. The lowest BCUT2D eigenvalue weighted by Crippen LogP contribution is -2.50. The molecule has 5 heteroatoms. The van der Waals surface area contributed by atoms with E-state index in [1.807, 2.05) is 12.1 Å². The van der Waals surface area contributed by atoms with Gasteiger partial charge in [0.05, 0.1) is 5.56 Å². The highest BCUT2D eigenvalue weighted by atomic mass is 16.1. The number of pyridine rings is 1. The average molecular weight is 304 g/mol. The van der Waals surface area contributed by atoms with E-state index in [2.05, 4.69) is 41.3 Å². The second kappa shape index (κ2) is 8.13. The molecule has 0 spiro atoms.